The van der Waals surface area contributed by atoms with Crippen LogP contribution < -0.4 is 9.47 Å². The lowest BCUT2D eigenvalue weighted by Crippen LogP contribution is -2.06. The highest BCUT2D eigenvalue weighted by Gasteiger charge is 2.09. The topological polar surface area (TPSA) is 35.5 Å². The molecule has 2 aromatic rings. The third-order valence-corrected chi connectivity index (χ3v) is 4.14. The molecule has 2 aromatic carbocycles. The minimum absolute atomic E-state index is 0.392. The van der Waals surface area contributed by atoms with Crippen molar-refractivity contribution in [2.24, 2.45) is 0 Å². The van der Waals surface area contributed by atoms with Crippen LogP contribution in [-0.4, -0.2) is 12.6 Å². The molecule has 0 aliphatic carbocycles. The predicted molar refractivity (Wildman–Crippen MR) is 105 cm³/mol. The predicted octanol–water partition coefficient (Wildman–Crippen LogP) is 5.86. The van der Waals surface area contributed by atoms with Crippen molar-refractivity contribution in [3.63, 3.8) is 0 Å². The second kappa shape index (κ2) is 9.42. The van der Waals surface area contributed by atoms with E-state index in [-0.39, 0.29) is 0 Å². The van der Waals surface area contributed by atoms with Crippen LogP contribution in [0.1, 0.15) is 36.5 Å². The van der Waals surface area contributed by atoms with Crippen molar-refractivity contribution in [2.45, 2.75) is 33.6 Å². The lowest BCUT2D eigenvalue weighted by atomic mass is 10.1. The van der Waals surface area contributed by atoms with Gasteiger partial charge in [0.25, 0.3) is 0 Å². The van der Waals surface area contributed by atoms with Crippen molar-refractivity contribution in [3.05, 3.63) is 63.6 Å². The Labute approximate surface area is 157 Å². The summed E-state index contributed by atoms with van der Waals surface area (Å²) in [5, 5.41) is 0. The number of hydrogen-bond donors (Lipinski definition) is 0. The summed E-state index contributed by atoms with van der Waals surface area (Å²) in [4.78, 5) is 12.1. The summed E-state index contributed by atoms with van der Waals surface area (Å²) < 4.78 is 12.1. The highest BCUT2D eigenvalue weighted by atomic mass is 79.9. The Morgan fingerprint density at radius 3 is 2.36 bits per heavy atom. The van der Waals surface area contributed by atoms with Crippen molar-refractivity contribution in [1.29, 1.82) is 0 Å². The number of benzene rings is 2. The summed E-state index contributed by atoms with van der Waals surface area (Å²) in [5.41, 5.74) is 2.76. The zero-order chi connectivity index (χ0) is 18.2. The average Bonchev–Trinajstić information content (AvgIpc) is 2.57. The number of carbonyl (C=O) groups is 1. The SMILES string of the molecule is CCCCOc1ccc(/C=C/C(=O)Oc2c(C)cc(Br)cc2C)cc1. The molecule has 0 fully saturated rings. The van der Waals surface area contributed by atoms with Crippen LogP contribution in [0.25, 0.3) is 6.08 Å². The lowest BCUT2D eigenvalue weighted by molar-refractivity contribution is -0.129. The van der Waals surface area contributed by atoms with Gasteiger partial charge in [-0.3, -0.25) is 0 Å². The van der Waals surface area contributed by atoms with Gasteiger partial charge in [0.1, 0.15) is 11.5 Å². The first-order valence-corrected chi connectivity index (χ1v) is 9.18. The summed E-state index contributed by atoms with van der Waals surface area (Å²) in [6.07, 6.45) is 5.33. The third kappa shape index (κ3) is 6.05. The number of ether oxygens (including phenoxy) is 2. The third-order valence-electron chi connectivity index (χ3n) is 3.69. The number of rotatable bonds is 7. The molecule has 0 amide bonds. The maximum atomic E-state index is 12.1. The van der Waals surface area contributed by atoms with Gasteiger partial charge in [0, 0.05) is 10.5 Å². The van der Waals surface area contributed by atoms with Crippen LogP contribution >= 0.6 is 15.9 Å². The molecule has 0 N–H and O–H groups in total. The van der Waals surface area contributed by atoms with Gasteiger partial charge in [-0.1, -0.05) is 41.4 Å². The van der Waals surface area contributed by atoms with E-state index in [9.17, 15) is 4.79 Å². The molecule has 0 spiro atoms. The van der Waals surface area contributed by atoms with E-state index in [1.165, 1.54) is 6.08 Å². The molecule has 4 heteroatoms. The monoisotopic (exact) mass is 402 g/mol. The van der Waals surface area contributed by atoms with Crippen LogP contribution in [0.5, 0.6) is 11.5 Å². The molecule has 132 valence electrons. The largest absolute Gasteiger partial charge is 0.494 e. The van der Waals surface area contributed by atoms with E-state index in [1.54, 1.807) is 6.08 Å². The first-order valence-electron chi connectivity index (χ1n) is 8.39. The van der Waals surface area contributed by atoms with Crippen LogP contribution in [0.15, 0.2) is 46.9 Å². The maximum Gasteiger partial charge on any atom is 0.336 e. The molecule has 0 unspecified atom stereocenters. The quantitative estimate of drug-likeness (QED) is 0.251. The van der Waals surface area contributed by atoms with E-state index in [1.807, 2.05) is 50.2 Å². The Hall–Kier alpha value is -2.07. The Morgan fingerprint density at radius 1 is 1.12 bits per heavy atom. The normalized spacial score (nSPS) is 10.9. The van der Waals surface area contributed by atoms with Crippen LogP contribution in [0.2, 0.25) is 0 Å². The average molecular weight is 403 g/mol. The smallest absolute Gasteiger partial charge is 0.336 e. The standard InChI is InChI=1S/C21H23BrO3/c1-4-5-12-24-19-9-6-17(7-10-19)8-11-20(23)25-21-15(2)13-18(22)14-16(21)3/h6-11,13-14H,4-5,12H2,1-3H3/b11-8+. The fourth-order valence-electron chi connectivity index (χ4n) is 2.37. The second-order valence-electron chi connectivity index (χ2n) is 5.89. The number of carbonyl (C=O) groups excluding carboxylic acids is 1. The molecule has 0 aromatic heterocycles. The van der Waals surface area contributed by atoms with Gasteiger partial charge in [-0.05, 0) is 67.3 Å². The number of halogens is 1. The summed E-state index contributed by atoms with van der Waals surface area (Å²) in [5.74, 6) is 1.06. The van der Waals surface area contributed by atoms with Crippen LogP contribution in [0.4, 0.5) is 0 Å². The fraction of sp³-hybridized carbons (Fsp3) is 0.286. The first kappa shape index (κ1) is 19.3. The highest BCUT2D eigenvalue weighted by molar-refractivity contribution is 9.10. The van der Waals surface area contributed by atoms with E-state index in [0.717, 1.165) is 46.4 Å². The zero-order valence-electron chi connectivity index (χ0n) is 14.8. The van der Waals surface area contributed by atoms with Gasteiger partial charge in [0.05, 0.1) is 6.61 Å². The Balaban J connectivity index is 1.96. The van der Waals surface area contributed by atoms with Crippen molar-refractivity contribution in [2.75, 3.05) is 6.61 Å². The molecule has 0 saturated heterocycles. The molecule has 0 radical (unpaired) electrons. The zero-order valence-corrected chi connectivity index (χ0v) is 16.4. The molecule has 3 nitrogen and oxygen atoms in total. The maximum absolute atomic E-state index is 12.1. The fourth-order valence-corrected chi connectivity index (χ4v) is 3.05. The number of hydrogen-bond acceptors (Lipinski definition) is 3. The summed E-state index contributed by atoms with van der Waals surface area (Å²) in [7, 11) is 0. The van der Waals surface area contributed by atoms with Gasteiger partial charge in [0.15, 0.2) is 0 Å². The van der Waals surface area contributed by atoms with Crippen LogP contribution in [0.3, 0.4) is 0 Å². The van der Waals surface area contributed by atoms with E-state index in [4.69, 9.17) is 9.47 Å². The van der Waals surface area contributed by atoms with Gasteiger partial charge in [-0.15, -0.1) is 0 Å². The van der Waals surface area contributed by atoms with Crippen molar-refractivity contribution in [3.8, 4) is 11.5 Å². The highest BCUT2D eigenvalue weighted by Crippen LogP contribution is 2.27. The van der Waals surface area contributed by atoms with Gasteiger partial charge in [0.2, 0.25) is 0 Å². The molecule has 0 aliphatic rings. The minimum atomic E-state index is -0.392. The van der Waals surface area contributed by atoms with Gasteiger partial charge < -0.3 is 9.47 Å². The van der Waals surface area contributed by atoms with Crippen molar-refractivity contribution < 1.29 is 14.3 Å². The van der Waals surface area contributed by atoms with Gasteiger partial charge >= 0.3 is 5.97 Å². The molecule has 0 bridgehead atoms. The molecule has 2 rings (SSSR count). The number of unbranched alkanes of at least 4 members (excludes halogenated alkanes) is 1. The van der Waals surface area contributed by atoms with E-state index in [0.29, 0.717) is 5.75 Å². The second-order valence-corrected chi connectivity index (χ2v) is 6.81. The molecule has 0 aliphatic heterocycles. The van der Waals surface area contributed by atoms with Crippen molar-refractivity contribution in [1.82, 2.24) is 0 Å². The van der Waals surface area contributed by atoms with Crippen molar-refractivity contribution >= 4 is 28.0 Å². The molecule has 0 atom stereocenters. The molecule has 0 heterocycles. The van der Waals surface area contributed by atoms with Gasteiger partial charge in [-0.2, -0.15) is 0 Å². The Bertz CT molecular complexity index is 725. The molecule has 0 saturated carbocycles. The summed E-state index contributed by atoms with van der Waals surface area (Å²) in [6.45, 7) is 6.69. The van der Waals surface area contributed by atoms with E-state index >= 15 is 0 Å². The Morgan fingerprint density at radius 2 is 1.76 bits per heavy atom. The molecular weight excluding hydrogens is 380 g/mol. The van der Waals surface area contributed by atoms with E-state index in [2.05, 4.69) is 22.9 Å². The van der Waals surface area contributed by atoms with Crippen LogP contribution in [0, 0.1) is 13.8 Å². The lowest BCUT2D eigenvalue weighted by Gasteiger charge is -2.09. The molecular formula is C21H23BrO3. The first-order chi connectivity index (χ1) is 12.0. The van der Waals surface area contributed by atoms with Crippen LogP contribution in [-0.2, 0) is 4.79 Å². The minimum Gasteiger partial charge on any atom is -0.494 e. The summed E-state index contributed by atoms with van der Waals surface area (Å²) in [6, 6.07) is 11.5. The molecule has 25 heavy (non-hydrogen) atoms. The number of aryl methyl sites for hydroxylation is 2. The Kier molecular flexibility index (Phi) is 7.26. The summed E-state index contributed by atoms with van der Waals surface area (Å²) >= 11 is 3.44. The van der Waals surface area contributed by atoms with E-state index < -0.39 is 5.97 Å². The van der Waals surface area contributed by atoms with Gasteiger partial charge in [-0.25, -0.2) is 4.79 Å². The number of esters is 1.